The van der Waals surface area contributed by atoms with Crippen molar-refractivity contribution in [1.82, 2.24) is 0 Å². The second-order valence-corrected chi connectivity index (χ2v) is 6.73. The zero-order valence-corrected chi connectivity index (χ0v) is 16.1. The van der Waals surface area contributed by atoms with Crippen molar-refractivity contribution in [2.45, 2.75) is 0 Å². The highest BCUT2D eigenvalue weighted by atomic mass is 32.3. The zero-order chi connectivity index (χ0) is 19.9. The molecule has 1 aromatic heterocycles. The van der Waals surface area contributed by atoms with Crippen LogP contribution in [0.25, 0.3) is 10.9 Å². The van der Waals surface area contributed by atoms with E-state index in [0.717, 1.165) is 18.4 Å². The van der Waals surface area contributed by atoms with Crippen LogP contribution in [0.15, 0.2) is 72.0 Å². The summed E-state index contributed by atoms with van der Waals surface area (Å²) in [5, 5.41) is 7.62. The Kier molecular flexibility index (Phi) is 7.00. The Morgan fingerprint density at radius 2 is 1.67 bits per heavy atom. The summed E-state index contributed by atoms with van der Waals surface area (Å²) in [5.74, 6) is 0. The normalized spacial score (nSPS) is 11.3. The summed E-state index contributed by atoms with van der Waals surface area (Å²) < 4.78 is 33.1. The predicted molar refractivity (Wildman–Crippen MR) is 104 cm³/mol. The lowest BCUT2D eigenvalue weighted by molar-refractivity contribution is -0.644. The molecule has 0 aliphatic carbocycles. The molecule has 142 valence electrons. The minimum Gasteiger partial charge on any atom is -0.726 e. The predicted octanol–water partition coefficient (Wildman–Crippen LogP) is 2.23. The molecule has 1 heterocycles. The van der Waals surface area contributed by atoms with Crippen LogP contribution in [0, 0.1) is 0 Å². The number of para-hydroxylation sites is 2. The minimum absolute atomic E-state index is 0.808. The molecule has 0 saturated heterocycles. The third kappa shape index (κ3) is 6.14. The van der Waals surface area contributed by atoms with E-state index in [-0.39, 0.29) is 0 Å². The maximum Gasteiger partial charge on any atom is 0.217 e. The number of benzene rings is 2. The van der Waals surface area contributed by atoms with E-state index in [2.05, 4.69) is 57.4 Å². The molecule has 0 saturated carbocycles. The fraction of sp³-hybridized carbons (Fsp3) is 0.158. The molecule has 0 N–H and O–H groups in total. The van der Waals surface area contributed by atoms with Crippen molar-refractivity contribution in [3.63, 3.8) is 0 Å². The number of nitrogens with zero attached hydrogens (tertiary/aromatic N) is 3. The molecule has 8 heteroatoms. The Balaban J connectivity index is 0.000000380. The van der Waals surface area contributed by atoms with Gasteiger partial charge in [0.05, 0.1) is 24.4 Å². The smallest absolute Gasteiger partial charge is 0.217 e. The number of aryl methyl sites for hydroxylation is 1. The number of anilines is 1. The molecular weight excluding hydrogens is 366 g/mol. The lowest BCUT2D eigenvalue weighted by Crippen LogP contribution is -2.28. The van der Waals surface area contributed by atoms with Crippen LogP contribution in [0.1, 0.15) is 5.56 Å². The Hall–Kier alpha value is -2.81. The van der Waals surface area contributed by atoms with Gasteiger partial charge in [-0.2, -0.15) is 5.10 Å². The highest BCUT2D eigenvalue weighted by Crippen LogP contribution is 2.15. The summed E-state index contributed by atoms with van der Waals surface area (Å²) in [6, 6.07) is 20.6. The monoisotopic (exact) mass is 387 g/mol. The Morgan fingerprint density at radius 1 is 1.07 bits per heavy atom. The van der Waals surface area contributed by atoms with Gasteiger partial charge in [-0.05, 0) is 18.2 Å². The van der Waals surface area contributed by atoms with E-state index in [1.54, 1.807) is 0 Å². The summed E-state index contributed by atoms with van der Waals surface area (Å²) in [7, 11) is 0.406. The molecule has 0 aliphatic rings. The van der Waals surface area contributed by atoms with E-state index in [1.165, 1.54) is 10.9 Å². The fourth-order valence-electron chi connectivity index (χ4n) is 2.36. The van der Waals surface area contributed by atoms with Gasteiger partial charge in [0.2, 0.25) is 15.9 Å². The lowest BCUT2D eigenvalue weighted by atomic mass is 10.1. The molecule has 0 bridgehead atoms. The van der Waals surface area contributed by atoms with Crippen LogP contribution >= 0.6 is 0 Å². The average Bonchev–Trinajstić information content (AvgIpc) is 2.68. The molecule has 3 aromatic rings. The fourth-order valence-corrected chi connectivity index (χ4v) is 2.36. The number of rotatable bonds is 4. The van der Waals surface area contributed by atoms with Gasteiger partial charge in [0.25, 0.3) is 0 Å². The first-order chi connectivity index (χ1) is 12.8. The van der Waals surface area contributed by atoms with Crippen LogP contribution < -0.4 is 9.58 Å². The van der Waals surface area contributed by atoms with E-state index in [0.29, 0.717) is 0 Å². The second-order valence-electron chi connectivity index (χ2n) is 5.58. The first kappa shape index (κ1) is 20.5. The molecule has 27 heavy (non-hydrogen) atoms. The summed E-state index contributed by atoms with van der Waals surface area (Å²) in [6.07, 6.45) is 3.97. The molecule has 0 unspecified atom stereocenters. The lowest BCUT2D eigenvalue weighted by Gasteiger charge is -2.12. The quantitative estimate of drug-likeness (QED) is 0.225. The number of fused-ring (bicyclic) bond motifs is 1. The largest absolute Gasteiger partial charge is 0.726 e. The van der Waals surface area contributed by atoms with Crippen molar-refractivity contribution >= 4 is 33.2 Å². The summed E-state index contributed by atoms with van der Waals surface area (Å²) in [5.41, 5.74) is 3.38. The molecule has 0 spiro atoms. The van der Waals surface area contributed by atoms with Crippen molar-refractivity contribution in [3.8, 4) is 0 Å². The zero-order valence-electron chi connectivity index (χ0n) is 15.3. The number of aromatic nitrogens is 1. The third-order valence-corrected chi connectivity index (χ3v) is 4.19. The van der Waals surface area contributed by atoms with Gasteiger partial charge in [-0.15, -0.1) is 0 Å². The SMILES string of the molecule is CN(/N=C/c1cc[n+](C)c2ccccc12)c1ccccc1.COS(=O)(=O)[O-]. The Morgan fingerprint density at radius 3 is 2.30 bits per heavy atom. The first-order valence-corrected chi connectivity index (χ1v) is 9.37. The molecule has 2 aromatic carbocycles. The highest BCUT2D eigenvalue weighted by Gasteiger charge is 2.07. The summed E-state index contributed by atoms with van der Waals surface area (Å²) >= 11 is 0. The van der Waals surface area contributed by atoms with Gasteiger partial charge < -0.3 is 4.55 Å². The standard InChI is InChI=1S/C18H18N3.CH4O4S/c1-20-13-12-15(17-10-6-7-11-18(17)20)14-19-21(2)16-8-4-3-5-9-16;1-5-6(2,3)4/h3-14H,1-2H3;1H3,(H,2,3,4)/q+1;/p-1. The van der Waals surface area contributed by atoms with E-state index < -0.39 is 10.4 Å². The second kappa shape index (κ2) is 9.22. The van der Waals surface area contributed by atoms with E-state index >= 15 is 0 Å². The van der Waals surface area contributed by atoms with Crippen LogP contribution in [0.5, 0.6) is 0 Å². The summed E-state index contributed by atoms with van der Waals surface area (Å²) in [6.45, 7) is 0. The van der Waals surface area contributed by atoms with E-state index in [4.69, 9.17) is 0 Å². The van der Waals surface area contributed by atoms with Crippen LogP contribution in [0.4, 0.5) is 5.69 Å². The Labute approximate surface area is 159 Å². The van der Waals surface area contributed by atoms with Gasteiger partial charge >= 0.3 is 0 Å². The number of hydrogen-bond acceptors (Lipinski definition) is 6. The number of hydrazone groups is 1. The van der Waals surface area contributed by atoms with Gasteiger partial charge in [-0.3, -0.25) is 9.19 Å². The van der Waals surface area contributed by atoms with Crippen LogP contribution in [-0.4, -0.2) is 33.3 Å². The maximum atomic E-state index is 9.22. The maximum absolute atomic E-state index is 9.22. The van der Waals surface area contributed by atoms with Gasteiger partial charge in [0.15, 0.2) is 6.20 Å². The molecule has 7 nitrogen and oxygen atoms in total. The van der Waals surface area contributed by atoms with Gasteiger partial charge in [0, 0.05) is 24.7 Å². The van der Waals surface area contributed by atoms with E-state index in [1.807, 2.05) is 48.6 Å². The Bertz CT molecular complexity index is 1020. The minimum atomic E-state index is -4.41. The highest BCUT2D eigenvalue weighted by molar-refractivity contribution is 7.80. The summed E-state index contributed by atoms with van der Waals surface area (Å²) in [4.78, 5) is 0. The van der Waals surface area contributed by atoms with Crippen LogP contribution in [0.3, 0.4) is 0 Å². The molecule has 3 rings (SSSR count). The number of hydrogen-bond donors (Lipinski definition) is 0. The van der Waals surface area contributed by atoms with Crippen molar-refractivity contribution in [2.24, 2.45) is 12.1 Å². The van der Waals surface area contributed by atoms with Gasteiger partial charge in [-0.1, -0.05) is 30.3 Å². The van der Waals surface area contributed by atoms with E-state index in [9.17, 15) is 13.0 Å². The number of pyridine rings is 1. The molecule has 0 fully saturated rings. The molecule has 0 radical (unpaired) electrons. The molecule has 0 atom stereocenters. The average molecular weight is 387 g/mol. The van der Waals surface area contributed by atoms with Crippen LogP contribution in [-0.2, 0) is 21.6 Å². The van der Waals surface area contributed by atoms with Crippen molar-refractivity contribution in [3.05, 3.63) is 72.4 Å². The van der Waals surface area contributed by atoms with Crippen LogP contribution in [0.2, 0.25) is 0 Å². The molecule has 0 amide bonds. The molecule has 0 aliphatic heterocycles. The third-order valence-electron chi connectivity index (χ3n) is 3.78. The topological polar surface area (TPSA) is 85.9 Å². The van der Waals surface area contributed by atoms with Gasteiger partial charge in [0.1, 0.15) is 7.05 Å². The molecular formula is C19H21N3O4S. The van der Waals surface area contributed by atoms with Crippen molar-refractivity contribution in [1.29, 1.82) is 0 Å². The first-order valence-electron chi connectivity index (χ1n) is 8.03. The van der Waals surface area contributed by atoms with Crippen molar-refractivity contribution < 1.29 is 21.7 Å². The van der Waals surface area contributed by atoms with Gasteiger partial charge in [-0.25, -0.2) is 13.0 Å². The van der Waals surface area contributed by atoms with Crippen molar-refractivity contribution in [2.75, 3.05) is 19.2 Å².